The molecule has 0 amide bonds. The third-order valence-electron chi connectivity index (χ3n) is 11.7. The molecular formula is C55H34N4. The maximum Gasteiger partial charge on any atom is 0.145 e. The number of benzene rings is 9. The van der Waals surface area contributed by atoms with E-state index in [2.05, 4.69) is 199 Å². The van der Waals surface area contributed by atoms with Crippen molar-refractivity contribution in [3.63, 3.8) is 0 Å². The Balaban J connectivity index is 0.899. The van der Waals surface area contributed by atoms with Gasteiger partial charge in [0.2, 0.25) is 0 Å². The Morgan fingerprint density at radius 3 is 1.73 bits per heavy atom. The molecule has 9 aromatic carbocycles. The zero-order valence-corrected chi connectivity index (χ0v) is 31.9. The highest BCUT2D eigenvalue weighted by atomic mass is 15.1. The lowest BCUT2D eigenvalue weighted by atomic mass is 9.95. The van der Waals surface area contributed by atoms with Crippen LogP contribution in [0.1, 0.15) is 0 Å². The predicted molar refractivity (Wildman–Crippen MR) is 246 cm³/mol. The molecule has 4 nitrogen and oxygen atoms in total. The summed E-state index contributed by atoms with van der Waals surface area (Å²) in [5, 5.41) is 8.12. The molecule has 0 aliphatic rings. The quantitative estimate of drug-likeness (QED) is 0.130. The summed E-state index contributed by atoms with van der Waals surface area (Å²) in [5.74, 6) is 0.933. The molecule has 4 heteroatoms. The molecule has 3 aromatic heterocycles. The van der Waals surface area contributed by atoms with Crippen molar-refractivity contribution in [3.05, 3.63) is 206 Å². The van der Waals surface area contributed by atoms with E-state index in [1.54, 1.807) is 0 Å². The van der Waals surface area contributed by atoms with Gasteiger partial charge in [-0.25, -0.2) is 15.0 Å². The van der Waals surface area contributed by atoms with Crippen LogP contribution in [0.25, 0.3) is 116 Å². The van der Waals surface area contributed by atoms with Gasteiger partial charge in [-0.1, -0.05) is 146 Å². The van der Waals surface area contributed by atoms with Gasteiger partial charge in [0.15, 0.2) is 0 Å². The van der Waals surface area contributed by atoms with E-state index in [0.29, 0.717) is 0 Å². The summed E-state index contributed by atoms with van der Waals surface area (Å²) in [6, 6.07) is 73.3. The van der Waals surface area contributed by atoms with Crippen LogP contribution in [0.2, 0.25) is 0 Å². The molecule has 0 atom stereocenters. The van der Waals surface area contributed by atoms with Gasteiger partial charge in [0.1, 0.15) is 5.82 Å². The highest BCUT2D eigenvalue weighted by Gasteiger charge is 2.17. The van der Waals surface area contributed by atoms with Crippen LogP contribution in [-0.4, -0.2) is 19.5 Å². The first-order valence-corrected chi connectivity index (χ1v) is 20.0. The highest BCUT2D eigenvalue weighted by molar-refractivity contribution is 6.16. The van der Waals surface area contributed by atoms with Gasteiger partial charge in [0.25, 0.3) is 0 Å². The predicted octanol–water partition coefficient (Wildman–Crippen LogP) is 14.2. The Labute approximate surface area is 340 Å². The molecule has 3 heterocycles. The lowest BCUT2D eigenvalue weighted by Crippen LogP contribution is -1.97. The van der Waals surface area contributed by atoms with Gasteiger partial charge in [0.05, 0.1) is 33.3 Å². The molecular weight excluding hydrogens is 717 g/mol. The van der Waals surface area contributed by atoms with Crippen molar-refractivity contribution in [1.82, 2.24) is 19.5 Å². The first-order valence-electron chi connectivity index (χ1n) is 20.0. The Bertz CT molecular complexity index is 3590. The first kappa shape index (κ1) is 33.2. The summed E-state index contributed by atoms with van der Waals surface area (Å²) in [7, 11) is 0. The average Bonchev–Trinajstić information content (AvgIpc) is 3.70. The standard InChI is InChI=1S/C55H34N4/c1-3-11-36(12-4-1)52-46-15-7-8-16-49(46)57-54-47(52)29-27-37-28-30-48(56-53(37)54)42-26-25-41-32-43-31-39(23-24-40(43)33-44(41)34-42)35-19-21-38(22-20-35)55-58-50-17-9-10-18-51(50)59(55)45-13-5-2-6-14-45/h1-34H. The molecule has 0 aliphatic carbocycles. The molecule has 274 valence electrons. The Kier molecular flexibility index (Phi) is 7.50. The van der Waals surface area contributed by atoms with Gasteiger partial charge in [0, 0.05) is 38.5 Å². The van der Waals surface area contributed by atoms with Crippen molar-refractivity contribution in [3.8, 4) is 50.6 Å². The summed E-state index contributed by atoms with van der Waals surface area (Å²) in [4.78, 5) is 15.6. The Morgan fingerprint density at radius 1 is 0.322 bits per heavy atom. The number of hydrogen-bond acceptors (Lipinski definition) is 3. The minimum atomic E-state index is 0.914. The van der Waals surface area contributed by atoms with Crippen molar-refractivity contribution in [2.45, 2.75) is 0 Å². The summed E-state index contributed by atoms with van der Waals surface area (Å²) in [6.07, 6.45) is 0. The highest BCUT2D eigenvalue weighted by Crippen LogP contribution is 2.38. The zero-order valence-electron chi connectivity index (χ0n) is 31.9. The minimum Gasteiger partial charge on any atom is -0.292 e. The van der Waals surface area contributed by atoms with Crippen molar-refractivity contribution in [2.75, 3.05) is 0 Å². The molecule has 0 aliphatic heterocycles. The fraction of sp³-hybridized carbons (Fsp3) is 0. The van der Waals surface area contributed by atoms with Crippen molar-refractivity contribution in [1.29, 1.82) is 0 Å². The Morgan fingerprint density at radius 2 is 0.932 bits per heavy atom. The SMILES string of the molecule is c1ccc(-c2c3ccccc3nc3c2ccc2ccc(-c4ccc5cc6cc(-c7ccc(-c8nc9ccccc9n8-c8ccccc8)cc7)ccc6cc5c4)nc23)cc1. The fourth-order valence-electron chi connectivity index (χ4n) is 8.82. The lowest BCUT2D eigenvalue weighted by Gasteiger charge is -2.13. The summed E-state index contributed by atoms with van der Waals surface area (Å²) < 4.78 is 2.25. The minimum absolute atomic E-state index is 0.914. The molecule has 0 fully saturated rings. The third-order valence-corrected chi connectivity index (χ3v) is 11.7. The van der Waals surface area contributed by atoms with E-state index in [4.69, 9.17) is 15.0 Å². The van der Waals surface area contributed by atoms with Crippen LogP contribution < -0.4 is 0 Å². The van der Waals surface area contributed by atoms with Crippen LogP contribution in [0.15, 0.2) is 206 Å². The van der Waals surface area contributed by atoms with Crippen molar-refractivity contribution < 1.29 is 0 Å². The maximum atomic E-state index is 5.32. The number of rotatable bonds is 5. The number of pyridine rings is 2. The second kappa shape index (κ2) is 13.3. The van der Waals surface area contributed by atoms with Crippen LogP contribution in [0, 0.1) is 0 Å². The summed E-state index contributed by atoms with van der Waals surface area (Å²) in [5.41, 5.74) is 13.8. The van der Waals surface area contributed by atoms with Crippen molar-refractivity contribution >= 4 is 65.3 Å². The molecule has 0 unspecified atom stereocenters. The number of nitrogens with zero attached hydrogens (tertiary/aromatic N) is 4. The van der Waals surface area contributed by atoms with Crippen LogP contribution in [0.3, 0.4) is 0 Å². The maximum absolute atomic E-state index is 5.32. The number of fused-ring (bicyclic) bond motifs is 7. The van der Waals surface area contributed by atoms with Gasteiger partial charge in [-0.05, 0) is 98.9 Å². The van der Waals surface area contributed by atoms with Crippen LogP contribution in [0.4, 0.5) is 0 Å². The fourth-order valence-corrected chi connectivity index (χ4v) is 8.82. The van der Waals surface area contributed by atoms with E-state index in [0.717, 1.165) is 72.1 Å². The van der Waals surface area contributed by atoms with Gasteiger partial charge < -0.3 is 0 Å². The molecule has 12 rings (SSSR count). The van der Waals surface area contributed by atoms with E-state index >= 15 is 0 Å². The number of hydrogen-bond donors (Lipinski definition) is 0. The molecule has 0 N–H and O–H groups in total. The smallest absolute Gasteiger partial charge is 0.145 e. The molecule has 0 saturated carbocycles. The van der Waals surface area contributed by atoms with E-state index in [9.17, 15) is 0 Å². The van der Waals surface area contributed by atoms with Crippen LogP contribution in [-0.2, 0) is 0 Å². The normalized spacial score (nSPS) is 11.7. The van der Waals surface area contributed by atoms with Gasteiger partial charge >= 0.3 is 0 Å². The van der Waals surface area contributed by atoms with E-state index in [1.807, 2.05) is 12.1 Å². The van der Waals surface area contributed by atoms with Gasteiger partial charge in [-0.15, -0.1) is 0 Å². The molecule has 0 saturated heterocycles. The molecule has 0 bridgehead atoms. The zero-order chi connectivity index (χ0) is 38.9. The topological polar surface area (TPSA) is 43.6 Å². The Hall–Kier alpha value is -7.95. The van der Waals surface area contributed by atoms with E-state index < -0.39 is 0 Å². The molecule has 59 heavy (non-hydrogen) atoms. The second-order valence-corrected chi connectivity index (χ2v) is 15.2. The number of aromatic nitrogens is 4. The molecule has 12 aromatic rings. The lowest BCUT2D eigenvalue weighted by molar-refractivity contribution is 1.10. The monoisotopic (exact) mass is 750 g/mol. The number of para-hydroxylation sites is 4. The summed E-state index contributed by atoms with van der Waals surface area (Å²) >= 11 is 0. The largest absolute Gasteiger partial charge is 0.292 e. The third kappa shape index (κ3) is 5.57. The van der Waals surface area contributed by atoms with Gasteiger partial charge in [-0.2, -0.15) is 0 Å². The average molecular weight is 751 g/mol. The van der Waals surface area contributed by atoms with Crippen molar-refractivity contribution in [2.24, 2.45) is 0 Å². The van der Waals surface area contributed by atoms with E-state index in [-0.39, 0.29) is 0 Å². The first-order chi connectivity index (χ1) is 29.2. The van der Waals surface area contributed by atoms with E-state index in [1.165, 1.54) is 43.8 Å². The van der Waals surface area contributed by atoms with Gasteiger partial charge in [-0.3, -0.25) is 4.57 Å². The molecule has 0 spiro atoms. The second-order valence-electron chi connectivity index (χ2n) is 15.2. The van der Waals surface area contributed by atoms with Crippen LogP contribution in [0.5, 0.6) is 0 Å². The van der Waals surface area contributed by atoms with Crippen LogP contribution >= 0.6 is 0 Å². The number of imidazole rings is 1. The molecule has 0 radical (unpaired) electrons. The summed E-state index contributed by atoms with van der Waals surface area (Å²) in [6.45, 7) is 0.